The molecule has 0 saturated carbocycles. The average Bonchev–Trinajstić information content (AvgIpc) is 2.50. The van der Waals surface area contributed by atoms with E-state index in [4.69, 9.17) is 24.7 Å². The molecule has 1 aromatic rings. The second kappa shape index (κ2) is 8.51. The van der Waals surface area contributed by atoms with Gasteiger partial charge in [0.2, 0.25) is 0 Å². The van der Waals surface area contributed by atoms with Crippen molar-refractivity contribution in [3.63, 3.8) is 0 Å². The highest BCUT2D eigenvalue weighted by Crippen LogP contribution is 2.19. The maximum atomic E-state index is 5.74. The standard InChI is InChI=1S/C14H26N2O3Si/c1-17-20(18-2,19-3)9-7-12-4-5-14(11-16)13(10-12)6-8-15/h4-5,10H,6-9,11,15-16H2,1-3H3. The Morgan fingerprint density at radius 1 is 0.950 bits per heavy atom. The molecule has 20 heavy (non-hydrogen) atoms. The molecule has 0 saturated heterocycles. The van der Waals surface area contributed by atoms with Crippen LogP contribution < -0.4 is 11.5 Å². The molecule has 6 heteroatoms. The summed E-state index contributed by atoms with van der Waals surface area (Å²) in [5.74, 6) is 0. The first-order valence-electron chi connectivity index (χ1n) is 6.81. The van der Waals surface area contributed by atoms with Crippen LogP contribution in [0.25, 0.3) is 0 Å². The fourth-order valence-electron chi connectivity index (χ4n) is 2.28. The van der Waals surface area contributed by atoms with Crippen LogP contribution in [0.1, 0.15) is 16.7 Å². The zero-order valence-electron chi connectivity index (χ0n) is 12.6. The van der Waals surface area contributed by atoms with Gasteiger partial charge in [0, 0.05) is 33.9 Å². The van der Waals surface area contributed by atoms with E-state index in [9.17, 15) is 0 Å². The Bertz CT molecular complexity index is 403. The SMILES string of the molecule is CO[Si](CCc1ccc(CN)c(CCN)c1)(OC)OC. The summed E-state index contributed by atoms with van der Waals surface area (Å²) in [4.78, 5) is 0. The van der Waals surface area contributed by atoms with Crippen LogP contribution in [-0.4, -0.2) is 36.7 Å². The summed E-state index contributed by atoms with van der Waals surface area (Å²) in [5, 5.41) is 0. The fourth-order valence-corrected chi connectivity index (χ4v) is 3.98. The van der Waals surface area contributed by atoms with Crippen LogP contribution >= 0.6 is 0 Å². The third kappa shape index (κ3) is 4.37. The van der Waals surface area contributed by atoms with Crippen LogP contribution in [0.2, 0.25) is 6.04 Å². The van der Waals surface area contributed by atoms with Gasteiger partial charge in [-0.2, -0.15) is 0 Å². The van der Waals surface area contributed by atoms with Gasteiger partial charge in [0.1, 0.15) is 0 Å². The minimum absolute atomic E-state index is 0.544. The lowest BCUT2D eigenvalue weighted by atomic mass is 10.0. The molecule has 0 spiro atoms. The molecule has 0 aliphatic heterocycles. The smallest absolute Gasteiger partial charge is 0.377 e. The van der Waals surface area contributed by atoms with Crippen molar-refractivity contribution in [3.8, 4) is 0 Å². The van der Waals surface area contributed by atoms with Gasteiger partial charge in [-0.05, 0) is 36.1 Å². The molecule has 0 amide bonds. The molecular formula is C14H26N2O3Si. The number of hydrogen-bond donors (Lipinski definition) is 2. The average molecular weight is 298 g/mol. The van der Waals surface area contributed by atoms with Crippen LogP contribution in [0.15, 0.2) is 18.2 Å². The molecule has 0 heterocycles. The molecule has 0 fully saturated rings. The second-order valence-electron chi connectivity index (χ2n) is 4.64. The molecule has 0 aliphatic rings. The molecule has 1 rings (SSSR count). The molecule has 4 N–H and O–H groups in total. The Kier molecular flexibility index (Phi) is 7.35. The van der Waals surface area contributed by atoms with Crippen molar-refractivity contribution in [3.05, 3.63) is 34.9 Å². The van der Waals surface area contributed by atoms with E-state index in [1.807, 2.05) is 0 Å². The molecule has 0 bridgehead atoms. The van der Waals surface area contributed by atoms with E-state index in [1.165, 1.54) is 11.1 Å². The van der Waals surface area contributed by atoms with Gasteiger partial charge >= 0.3 is 8.80 Å². The van der Waals surface area contributed by atoms with Crippen molar-refractivity contribution < 1.29 is 13.3 Å². The number of hydrogen-bond acceptors (Lipinski definition) is 5. The van der Waals surface area contributed by atoms with Crippen LogP contribution in [-0.2, 0) is 32.7 Å². The van der Waals surface area contributed by atoms with Gasteiger partial charge in [-0.25, -0.2) is 0 Å². The van der Waals surface area contributed by atoms with E-state index in [-0.39, 0.29) is 0 Å². The van der Waals surface area contributed by atoms with E-state index < -0.39 is 8.80 Å². The Labute approximate surface area is 122 Å². The lowest BCUT2D eigenvalue weighted by molar-refractivity contribution is 0.123. The molecule has 0 atom stereocenters. The molecule has 0 unspecified atom stereocenters. The minimum atomic E-state index is -2.51. The fraction of sp³-hybridized carbons (Fsp3) is 0.571. The Balaban J connectivity index is 2.80. The Morgan fingerprint density at radius 2 is 1.60 bits per heavy atom. The van der Waals surface area contributed by atoms with Crippen molar-refractivity contribution in [2.75, 3.05) is 27.9 Å². The topological polar surface area (TPSA) is 79.7 Å². The molecule has 1 aromatic carbocycles. The highest BCUT2D eigenvalue weighted by molar-refractivity contribution is 6.60. The summed E-state index contributed by atoms with van der Waals surface area (Å²) in [6.45, 7) is 1.17. The zero-order chi connectivity index (χ0) is 15.0. The molecular weight excluding hydrogens is 272 g/mol. The second-order valence-corrected chi connectivity index (χ2v) is 7.73. The first-order chi connectivity index (χ1) is 9.64. The number of aryl methyl sites for hydroxylation is 1. The minimum Gasteiger partial charge on any atom is -0.377 e. The highest BCUT2D eigenvalue weighted by Gasteiger charge is 2.37. The van der Waals surface area contributed by atoms with Gasteiger partial charge in [-0.15, -0.1) is 0 Å². The highest BCUT2D eigenvalue weighted by atomic mass is 28.4. The van der Waals surface area contributed by atoms with Gasteiger partial charge in [0.15, 0.2) is 0 Å². The summed E-state index contributed by atoms with van der Waals surface area (Å²) in [7, 11) is 2.40. The van der Waals surface area contributed by atoms with Crippen molar-refractivity contribution in [2.24, 2.45) is 11.5 Å². The number of benzene rings is 1. The van der Waals surface area contributed by atoms with Crippen LogP contribution in [0.5, 0.6) is 0 Å². The summed E-state index contributed by atoms with van der Waals surface area (Å²) in [6, 6.07) is 7.11. The lowest BCUT2D eigenvalue weighted by Crippen LogP contribution is -2.43. The number of rotatable bonds is 9. The van der Waals surface area contributed by atoms with E-state index in [2.05, 4.69) is 18.2 Å². The first-order valence-corrected chi connectivity index (χ1v) is 8.74. The molecule has 5 nitrogen and oxygen atoms in total. The van der Waals surface area contributed by atoms with Crippen molar-refractivity contribution in [1.29, 1.82) is 0 Å². The Morgan fingerprint density at radius 3 is 2.10 bits per heavy atom. The van der Waals surface area contributed by atoms with Crippen molar-refractivity contribution in [1.82, 2.24) is 0 Å². The molecule has 114 valence electrons. The largest absolute Gasteiger partial charge is 0.500 e. The van der Waals surface area contributed by atoms with Gasteiger partial charge in [-0.1, -0.05) is 18.2 Å². The first kappa shape index (κ1) is 17.3. The van der Waals surface area contributed by atoms with E-state index in [0.717, 1.165) is 24.4 Å². The van der Waals surface area contributed by atoms with Crippen LogP contribution in [0.4, 0.5) is 0 Å². The predicted octanol–water partition coefficient (Wildman–Crippen LogP) is 1.07. The lowest BCUT2D eigenvalue weighted by Gasteiger charge is -2.24. The quantitative estimate of drug-likeness (QED) is 0.667. The van der Waals surface area contributed by atoms with E-state index in [0.29, 0.717) is 13.1 Å². The summed E-state index contributed by atoms with van der Waals surface area (Å²) in [6.07, 6.45) is 1.70. The molecule has 0 aliphatic carbocycles. The summed E-state index contributed by atoms with van der Waals surface area (Å²) >= 11 is 0. The third-order valence-electron chi connectivity index (χ3n) is 3.56. The van der Waals surface area contributed by atoms with Gasteiger partial charge < -0.3 is 24.7 Å². The summed E-state index contributed by atoms with van der Waals surface area (Å²) in [5.41, 5.74) is 15.0. The van der Waals surface area contributed by atoms with E-state index in [1.54, 1.807) is 21.3 Å². The third-order valence-corrected chi connectivity index (χ3v) is 6.29. The Hall–Kier alpha value is -0.763. The van der Waals surface area contributed by atoms with Gasteiger partial charge in [-0.3, -0.25) is 0 Å². The maximum Gasteiger partial charge on any atom is 0.500 e. The van der Waals surface area contributed by atoms with Crippen LogP contribution in [0.3, 0.4) is 0 Å². The van der Waals surface area contributed by atoms with Gasteiger partial charge in [0.25, 0.3) is 0 Å². The van der Waals surface area contributed by atoms with Crippen LogP contribution in [0, 0.1) is 0 Å². The molecule has 0 radical (unpaired) electrons. The maximum absolute atomic E-state index is 5.74. The zero-order valence-corrected chi connectivity index (χ0v) is 13.6. The predicted molar refractivity (Wildman–Crippen MR) is 82.4 cm³/mol. The summed E-state index contributed by atoms with van der Waals surface area (Å²) < 4.78 is 16.3. The number of nitrogens with two attached hydrogens (primary N) is 2. The van der Waals surface area contributed by atoms with E-state index >= 15 is 0 Å². The molecule has 0 aromatic heterocycles. The van der Waals surface area contributed by atoms with Gasteiger partial charge in [0.05, 0.1) is 0 Å². The monoisotopic (exact) mass is 298 g/mol. The van der Waals surface area contributed by atoms with Crippen molar-refractivity contribution in [2.45, 2.75) is 25.4 Å². The normalized spacial score (nSPS) is 11.8. The van der Waals surface area contributed by atoms with Crippen molar-refractivity contribution >= 4 is 8.80 Å².